The van der Waals surface area contributed by atoms with Gasteiger partial charge >= 0.3 is 5.97 Å². The predicted octanol–water partition coefficient (Wildman–Crippen LogP) is 6.13. The van der Waals surface area contributed by atoms with E-state index < -0.39 is 5.97 Å². The topological polar surface area (TPSA) is 76.6 Å². The van der Waals surface area contributed by atoms with E-state index in [0.717, 1.165) is 21.6 Å². The van der Waals surface area contributed by atoms with Crippen molar-refractivity contribution in [3.63, 3.8) is 0 Å². The van der Waals surface area contributed by atoms with Crippen LogP contribution in [-0.4, -0.2) is 16.8 Å². The summed E-state index contributed by atoms with van der Waals surface area (Å²) in [7, 11) is 0. The largest absolute Gasteiger partial charge is 0.618 e. The number of carbonyl (C=O) groups is 1. The molecule has 1 unspecified atom stereocenters. The van der Waals surface area contributed by atoms with Crippen molar-refractivity contribution in [2.24, 2.45) is 4.99 Å². The molecule has 3 aromatic carbocycles. The van der Waals surface area contributed by atoms with Crippen molar-refractivity contribution < 1.29 is 19.0 Å². The van der Waals surface area contributed by atoms with Gasteiger partial charge in [-0.25, -0.2) is 9.18 Å². The molecule has 5 nitrogen and oxygen atoms in total. The summed E-state index contributed by atoms with van der Waals surface area (Å²) in [6.45, 7) is 0. The number of benzene rings is 3. The van der Waals surface area contributed by atoms with Crippen LogP contribution in [0.5, 0.6) is 0 Å². The van der Waals surface area contributed by atoms with Crippen molar-refractivity contribution >= 4 is 29.0 Å². The standard InChI is InChI=1S/C28H20ClFN2O3/c29-20-8-10-22(28(33)34)23(14-20)19-7-11-27(32(35)16-19)24(12-17-4-2-1-3-5-17)26-13-18-6-9-21(30)15-25(18)31-26/h1-11,14-16,24H,12-13H2,(H,33,34). The summed E-state index contributed by atoms with van der Waals surface area (Å²) in [6.07, 6.45) is 2.43. The maximum atomic E-state index is 13.8. The molecule has 0 fully saturated rings. The van der Waals surface area contributed by atoms with E-state index in [0.29, 0.717) is 40.4 Å². The second-order valence-electron chi connectivity index (χ2n) is 8.46. The molecule has 2 heterocycles. The first-order valence-electron chi connectivity index (χ1n) is 11.0. The van der Waals surface area contributed by atoms with Gasteiger partial charge in [0.2, 0.25) is 5.69 Å². The molecule has 35 heavy (non-hydrogen) atoms. The van der Waals surface area contributed by atoms with Gasteiger partial charge in [-0.2, -0.15) is 4.73 Å². The van der Waals surface area contributed by atoms with Gasteiger partial charge in [-0.05, 0) is 53.9 Å². The first-order chi connectivity index (χ1) is 16.9. The van der Waals surface area contributed by atoms with E-state index in [2.05, 4.69) is 4.99 Å². The third-order valence-corrected chi connectivity index (χ3v) is 6.43. The van der Waals surface area contributed by atoms with Crippen molar-refractivity contribution in [1.82, 2.24) is 0 Å². The summed E-state index contributed by atoms with van der Waals surface area (Å²) in [5.41, 5.74) is 4.65. The fourth-order valence-electron chi connectivity index (χ4n) is 4.49. The highest BCUT2D eigenvalue weighted by atomic mass is 35.5. The molecule has 0 spiro atoms. The molecule has 1 aromatic heterocycles. The van der Waals surface area contributed by atoms with Crippen LogP contribution in [-0.2, 0) is 12.8 Å². The highest BCUT2D eigenvalue weighted by molar-refractivity contribution is 6.31. The number of pyridine rings is 1. The van der Waals surface area contributed by atoms with Crippen LogP contribution >= 0.6 is 11.6 Å². The van der Waals surface area contributed by atoms with Crippen LogP contribution in [0.1, 0.15) is 33.1 Å². The van der Waals surface area contributed by atoms with E-state index in [1.807, 2.05) is 30.3 Å². The molecule has 0 amide bonds. The monoisotopic (exact) mass is 486 g/mol. The van der Waals surface area contributed by atoms with Crippen LogP contribution in [0.15, 0.2) is 90.1 Å². The molecule has 0 saturated carbocycles. The zero-order valence-electron chi connectivity index (χ0n) is 18.5. The van der Waals surface area contributed by atoms with Gasteiger partial charge in [0.05, 0.1) is 17.2 Å². The molecule has 0 bridgehead atoms. The Bertz CT molecular complexity index is 1470. The van der Waals surface area contributed by atoms with Crippen molar-refractivity contribution in [3.8, 4) is 11.1 Å². The minimum absolute atomic E-state index is 0.0561. The molecular weight excluding hydrogens is 467 g/mol. The molecule has 1 atom stereocenters. The normalized spacial score (nSPS) is 13.3. The maximum absolute atomic E-state index is 13.8. The van der Waals surface area contributed by atoms with Gasteiger partial charge in [-0.3, -0.25) is 4.99 Å². The summed E-state index contributed by atoms with van der Waals surface area (Å²) < 4.78 is 14.5. The van der Waals surface area contributed by atoms with E-state index >= 15 is 0 Å². The minimum atomic E-state index is -1.11. The van der Waals surface area contributed by atoms with Gasteiger partial charge in [-0.15, -0.1) is 0 Å². The summed E-state index contributed by atoms with van der Waals surface area (Å²) in [4.78, 5) is 16.4. The van der Waals surface area contributed by atoms with Crippen LogP contribution < -0.4 is 4.73 Å². The minimum Gasteiger partial charge on any atom is -0.618 e. The molecule has 0 saturated heterocycles. The molecule has 0 radical (unpaired) electrons. The van der Waals surface area contributed by atoms with Crippen LogP contribution in [0.25, 0.3) is 11.1 Å². The van der Waals surface area contributed by atoms with Crippen LogP contribution in [0, 0.1) is 11.0 Å². The van der Waals surface area contributed by atoms with Gasteiger partial charge in [0, 0.05) is 34.3 Å². The Balaban J connectivity index is 1.57. The molecule has 1 aliphatic rings. The number of halogens is 2. The summed E-state index contributed by atoms with van der Waals surface area (Å²) in [5, 5.41) is 23.3. The summed E-state index contributed by atoms with van der Waals surface area (Å²) >= 11 is 6.10. The van der Waals surface area contributed by atoms with Crippen molar-refractivity contribution in [2.75, 3.05) is 0 Å². The van der Waals surface area contributed by atoms with Gasteiger partial charge in [-0.1, -0.05) is 48.0 Å². The van der Waals surface area contributed by atoms with Crippen molar-refractivity contribution in [2.45, 2.75) is 18.8 Å². The SMILES string of the molecule is O=C(O)c1ccc(Cl)cc1-c1ccc(C(Cc2ccccc2)C2=Nc3cc(F)ccc3C2)[n+]([O-])c1. The number of rotatable bonds is 6. The van der Waals surface area contributed by atoms with E-state index in [4.69, 9.17) is 11.6 Å². The molecular formula is C28H20ClFN2O3. The number of hydrogen-bond acceptors (Lipinski definition) is 3. The lowest BCUT2D eigenvalue weighted by Gasteiger charge is -2.18. The van der Waals surface area contributed by atoms with E-state index in [-0.39, 0.29) is 17.3 Å². The highest BCUT2D eigenvalue weighted by Crippen LogP contribution is 2.34. The molecule has 174 valence electrons. The Morgan fingerprint density at radius 2 is 1.89 bits per heavy atom. The lowest BCUT2D eigenvalue weighted by molar-refractivity contribution is -0.614. The van der Waals surface area contributed by atoms with E-state index in [9.17, 15) is 19.5 Å². The van der Waals surface area contributed by atoms with Crippen LogP contribution in [0.3, 0.4) is 0 Å². The molecule has 1 N–H and O–H groups in total. The predicted molar refractivity (Wildman–Crippen MR) is 133 cm³/mol. The average molecular weight is 487 g/mol. The Morgan fingerprint density at radius 3 is 2.63 bits per heavy atom. The van der Waals surface area contributed by atoms with Crippen molar-refractivity contribution in [1.29, 1.82) is 0 Å². The number of hydrogen-bond donors (Lipinski definition) is 1. The fraction of sp³-hybridized carbons (Fsp3) is 0.107. The molecule has 0 aliphatic carbocycles. The Morgan fingerprint density at radius 1 is 1.09 bits per heavy atom. The maximum Gasteiger partial charge on any atom is 0.336 e. The third kappa shape index (κ3) is 4.66. The molecule has 4 aromatic rings. The van der Waals surface area contributed by atoms with Gasteiger partial charge < -0.3 is 10.3 Å². The number of carboxylic acid groups (broad SMARTS) is 1. The Hall–Kier alpha value is -4.03. The second kappa shape index (κ2) is 9.31. The van der Waals surface area contributed by atoms with Crippen LogP contribution in [0.4, 0.5) is 10.1 Å². The van der Waals surface area contributed by atoms with Gasteiger partial charge in [0.25, 0.3) is 0 Å². The number of aromatic nitrogens is 1. The number of nitrogens with zero attached hydrogens (tertiary/aromatic N) is 2. The van der Waals surface area contributed by atoms with E-state index in [1.165, 1.54) is 36.5 Å². The summed E-state index contributed by atoms with van der Waals surface area (Å²) in [5.74, 6) is -1.81. The van der Waals surface area contributed by atoms with Crippen molar-refractivity contribution in [3.05, 3.63) is 123 Å². The third-order valence-electron chi connectivity index (χ3n) is 6.19. The smallest absolute Gasteiger partial charge is 0.336 e. The molecule has 5 rings (SSSR count). The fourth-order valence-corrected chi connectivity index (χ4v) is 4.66. The Labute approximate surface area is 206 Å². The highest BCUT2D eigenvalue weighted by Gasteiger charge is 2.30. The van der Waals surface area contributed by atoms with Crippen LogP contribution in [0.2, 0.25) is 5.02 Å². The zero-order valence-corrected chi connectivity index (χ0v) is 19.2. The first-order valence-corrected chi connectivity index (χ1v) is 11.4. The lowest BCUT2D eigenvalue weighted by Crippen LogP contribution is -2.36. The number of fused-ring (bicyclic) bond motifs is 1. The quantitative estimate of drug-likeness (QED) is 0.263. The molecule has 7 heteroatoms. The number of carboxylic acids is 1. The number of aromatic carboxylic acids is 1. The molecule has 1 aliphatic heterocycles. The first kappa shape index (κ1) is 22.7. The van der Waals surface area contributed by atoms with Gasteiger partial charge in [0.15, 0.2) is 6.20 Å². The second-order valence-corrected chi connectivity index (χ2v) is 8.90. The zero-order chi connectivity index (χ0) is 24.5. The lowest BCUT2D eigenvalue weighted by atomic mass is 9.88. The number of aliphatic imine (C=N–C) groups is 1. The van der Waals surface area contributed by atoms with Gasteiger partial charge in [0.1, 0.15) is 5.82 Å². The summed E-state index contributed by atoms with van der Waals surface area (Å²) in [6, 6.07) is 22.2. The van der Waals surface area contributed by atoms with E-state index in [1.54, 1.807) is 18.2 Å². The Kier molecular flexibility index (Phi) is 6.05. The average Bonchev–Trinajstić information content (AvgIpc) is 3.26.